The molecule has 0 atom stereocenters. The molecule has 1 aliphatic heterocycles. The summed E-state index contributed by atoms with van der Waals surface area (Å²) in [5, 5.41) is 6.33. The van der Waals surface area contributed by atoms with Gasteiger partial charge in [-0.3, -0.25) is 4.79 Å². The van der Waals surface area contributed by atoms with Crippen molar-refractivity contribution in [2.75, 3.05) is 26.4 Å². The maximum atomic E-state index is 12.2. The van der Waals surface area contributed by atoms with Crippen molar-refractivity contribution in [3.63, 3.8) is 0 Å². The van der Waals surface area contributed by atoms with E-state index in [1.54, 1.807) is 18.2 Å². The van der Waals surface area contributed by atoms with Crippen LogP contribution in [0.15, 0.2) is 29.4 Å². The third kappa shape index (κ3) is 5.04. The van der Waals surface area contributed by atoms with Gasteiger partial charge in [0.25, 0.3) is 5.91 Å². The highest BCUT2D eigenvalue weighted by molar-refractivity contribution is 5.95. The summed E-state index contributed by atoms with van der Waals surface area (Å²) < 4.78 is 11.0. The molecule has 0 radical (unpaired) electrons. The van der Waals surface area contributed by atoms with Crippen molar-refractivity contribution in [1.29, 1.82) is 0 Å². The highest BCUT2D eigenvalue weighted by Gasteiger charge is 2.14. The summed E-state index contributed by atoms with van der Waals surface area (Å²) in [4.78, 5) is 14.9. The van der Waals surface area contributed by atoms with Gasteiger partial charge < -0.3 is 14.8 Å². The fourth-order valence-corrected chi connectivity index (χ4v) is 2.32. The quantitative estimate of drug-likeness (QED) is 0.362. The number of ether oxygens (including phenoxy) is 2. The lowest BCUT2D eigenvalue weighted by Crippen LogP contribution is -2.31. The molecule has 1 saturated heterocycles. The predicted molar refractivity (Wildman–Crippen MR) is 81.4 cm³/mol. The number of azide groups is 1. The van der Waals surface area contributed by atoms with E-state index in [2.05, 4.69) is 15.3 Å². The number of carbonyl (C=O) groups is 1. The molecule has 1 aromatic carbocycles. The molecule has 1 amide bonds. The lowest BCUT2D eigenvalue weighted by atomic mass is 10.1. The van der Waals surface area contributed by atoms with E-state index in [-0.39, 0.29) is 18.6 Å². The molecule has 1 aliphatic rings. The zero-order valence-corrected chi connectivity index (χ0v) is 12.4. The first-order valence-electron chi connectivity index (χ1n) is 7.37. The fraction of sp³-hybridized carbons (Fsp3) is 0.533. The van der Waals surface area contributed by atoms with Gasteiger partial charge in [-0.1, -0.05) is 23.3 Å². The van der Waals surface area contributed by atoms with E-state index in [4.69, 9.17) is 15.0 Å². The van der Waals surface area contributed by atoms with E-state index in [0.29, 0.717) is 24.3 Å². The molecule has 1 fully saturated rings. The summed E-state index contributed by atoms with van der Waals surface area (Å²) in [6, 6.07) is 7.10. The molecule has 22 heavy (non-hydrogen) atoms. The van der Waals surface area contributed by atoms with Gasteiger partial charge in [0.2, 0.25) is 0 Å². The molecule has 1 aromatic rings. The number of nitrogens with one attached hydrogen (secondary N) is 1. The summed E-state index contributed by atoms with van der Waals surface area (Å²) in [5.74, 6) is -0.181. The minimum atomic E-state index is -0.181. The molecule has 118 valence electrons. The van der Waals surface area contributed by atoms with Gasteiger partial charge in [0.05, 0.1) is 19.3 Å². The van der Waals surface area contributed by atoms with Crippen molar-refractivity contribution in [1.82, 2.24) is 5.32 Å². The number of nitrogens with zero attached hydrogens (tertiary/aromatic N) is 3. The average Bonchev–Trinajstić information content (AvgIpc) is 2.58. The monoisotopic (exact) mass is 304 g/mol. The Morgan fingerprint density at radius 1 is 1.41 bits per heavy atom. The number of hydrogen-bond donors (Lipinski definition) is 1. The highest BCUT2D eigenvalue weighted by atomic mass is 16.5. The van der Waals surface area contributed by atoms with Gasteiger partial charge >= 0.3 is 0 Å². The van der Waals surface area contributed by atoms with Crippen LogP contribution in [0.2, 0.25) is 0 Å². The summed E-state index contributed by atoms with van der Waals surface area (Å²) in [5.41, 5.74) is 9.63. The average molecular weight is 304 g/mol. The normalized spacial score (nSPS) is 15.1. The Kier molecular flexibility index (Phi) is 6.70. The van der Waals surface area contributed by atoms with Gasteiger partial charge in [-0.2, -0.15) is 0 Å². The first-order chi connectivity index (χ1) is 10.8. The summed E-state index contributed by atoms with van der Waals surface area (Å²) in [6.45, 7) is 2.58. The third-order valence-electron chi connectivity index (χ3n) is 3.48. The minimum Gasteiger partial charge on any atom is -0.381 e. The van der Waals surface area contributed by atoms with Crippen molar-refractivity contribution in [3.8, 4) is 0 Å². The number of rotatable bonds is 7. The molecule has 7 nitrogen and oxygen atoms in total. The van der Waals surface area contributed by atoms with Crippen molar-refractivity contribution in [2.45, 2.75) is 25.5 Å². The third-order valence-corrected chi connectivity index (χ3v) is 3.48. The van der Waals surface area contributed by atoms with Crippen LogP contribution < -0.4 is 5.32 Å². The van der Waals surface area contributed by atoms with Crippen LogP contribution in [0.3, 0.4) is 0 Å². The Morgan fingerprint density at radius 3 is 2.95 bits per heavy atom. The molecule has 7 heteroatoms. The van der Waals surface area contributed by atoms with Crippen LogP contribution in [0.5, 0.6) is 0 Å². The lowest BCUT2D eigenvalue weighted by molar-refractivity contribution is -0.0302. The molecule has 0 spiro atoms. The van der Waals surface area contributed by atoms with Crippen LogP contribution in [0.4, 0.5) is 0 Å². The molecule has 1 heterocycles. The van der Waals surface area contributed by atoms with E-state index in [9.17, 15) is 4.79 Å². The van der Waals surface area contributed by atoms with Gasteiger partial charge in [-0.05, 0) is 30.0 Å². The van der Waals surface area contributed by atoms with E-state index in [1.165, 1.54) is 0 Å². The van der Waals surface area contributed by atoms with Gasteiger partial charge in [0.1, 0.15) is 0 Å². The van der Waals surface area contributed by atoms with Crippen molar-refractivity contribution in [2.24, 2.45) is 5.11 Å². The molecular formula is C15H20N4O3. The van der Waals surface area contributed by atoms with Gasteiger partial charge in [0, 0.05) is 30.2 Å². The molecule has 1 N–H and O–H groups in total. The second kappa shape index (κ2) is 9.04. The highest BCUT2D eigenvalue weighted by Crippen LogP contribution is 2.11. The van der Waals surface area contributed by atoms with E-state index in [1.807, 2.05) is 6.07 Å². The molecule has 2 rings (SSSR count). The first kappa shape index (κ1) is 16.3. The van der Waals surface area contributed by atoms with E-state index >= 15 is 0 Å². The van der Waals surface area contributed by atoms with Crippen LogP contribution in [0.1, 0.15) is 28.8 Å². The molecule has 0 aliphatic carbocycles. The van der Waals surface area contributed by atoms with Crippen molar-refractivity contribution in [3.05, 3.63) is 45.8 Å². The number of benzene rings is 1. The number of carbonyl (C=O) groups excluding carboxylic acids is 1. The molecule has 0 bridgehead atoms. The Morgan fingerprint density at radius 2 is 2.18 bits per heavy atom. The molecule has 0 aromatic heterocycles. The molecule has 0 saturated carbocycles. The van der Waals surface area contributed by atoms with Gasteiger partial charge in [0.15, 0.2) is 0 Å². The number of amides is 1. The van der Waals surface area contributed by atoms with Crippen LogP contribution in [0, 0.1) is 0 Å². The van der Waals surface area contributed by atoms with Crippen molar-refractivity contribution >= 4 is 5.91 Å². The van der Waals surface area contributed by atoms with Gasteiger partial charge in [-0.15, -0.1) is 0 Å². The second-order valence-electron chi connectivity index (χ2n) is 4.98. The van der Waals surface area contributed by atoms with Crippen LogP contribution >= 0.6 is 0 Å². The second-order valence-corrected chi connectivity index (χ2v) is 4.98. The largest absolute Gasteiger partial charge is 0.381 e. The first-order valence-corrected chi connectivity index (χ1v) is 7.37. The zero-order valence-electron chi connectivity index (χ0n) is 12.4. The summed E-state index contributed by atoms with van der Waals surface area (Å²) >= 11 is 0. The Balaban J connectivity index is 1.78. The molecule has 0 unspecified atom stereocenters. The molecular weight excluding hydrogens is 284 g/mol. The predicted octanol–water partition coefficient (Wildman–Crippen LogP) is 2.42. The standard InChI is InChI=1S/C15H20N4O3/c16-19-18-11-12-3-1-2-4-14(12)15(20)17-7-10-22-13-5-8-21-9-6-13/h1-4,13H,5-11H2,(H,17,20). The zero-order chi connectivity index (χ0) is 15.6. The maximum absolute atomic E-state index is 12.2. The van der Waals surface area contributed by atoms with Crippen LogP contribution in [0.25, 0.3) is 10.4 Å². The van der Waals surface area contributed by atoms with E-state index < -0.39 is 0 Å². The van der Waals surface area contributed by atoms with Gasteiger partial charge in [-0.25, -0.2) is 0 Å². The minimum absolute atomic E-state index is 0.165. The van der Waals surface area contributed by atoms with Crippen molar-refractivity contribution < 1.29 is 14.3 Å². The maximum Gasteiger partial charge on any atom is 0.251 e. The number of hydrogen-bond acceptors (Lipinski definition) is 4. The Hall–Kier alpha value is -2.08. The summed E-state index contributed by atoms with van der Waals surface area (Å²) in [7, 11) is 0. The van der Waals surface area contributed by atoms with Crippen LogP contribution in [-0.4, -0.2) is 38.4 Å². The fourth-order valence-electron chi connectivity index (χ4n) is 2.32. The van der Waals surface area contributed by atoms with E-state index in [0.717, 1.165) is 26.1 Å². The lowest BCUT2D eigenvalue weighted by Gasteiger charge is -2.22. The Labute approximate surface area is 129 Å². The Bertz CT molecular complexity index is 537. The topological polar surface area (TPSA) is 96.3 Å². The smallest absolute Gasteiger partial charge is 0.251 e. The summed E-state index contributed by atoms with van der Waals surface area (Å²) in [6.07, 6.45) is 2.04. The SMILES string of the molecule is [N-]=[N+]=NCc1ccccc1C(=O)NCCOC1CCOCC1. The van der Waals surface area contributed by atoms with Crippen LogP contribution in [-0.2, 0) is 16.0 Å².